The number of unbranched alkanes of at least 4 members (excludes halogenated alkanes) is 26. The lowest BCUT2D eigenvalue weighted by molar-refractivity contribution is -0.151. The molecule has 360 valence electrons. The first kappa shape index (κ1) is 59.6. The Labute approximate surface area is 384 Å². The van der Waals surface area contributed by atoms with Gasteiger partial charge in [-0.2, -0.15) is 0 Å². The Bertz CT molecular complexity index is 1110. The van der Waals surface area contributed by atoms with E-state index in [2.05, 4.69) is 86.8 Å². The number of aliphatic hydroxyl groups excluding tert-OH is 2. The smallest absolute Gasteiger partial charge is 0.306 e. The molecular formula is C56H101NO5. The van der Waals surface area contributed by atoms with Crippen molar-refractivity contribution in [3.8, 4) is 0 Å². The predicted molar refractivity (Wildman–Crippen MR) is 268 cm³/mol. The molecule has 0 rings (SSSR count). The van der Waals surface area contributed by atoms with Crippen LogP contribution in [0.1, 0.15) is 258 Å². The molecule has 0 radical (unpaired) electrons. The third-order valence-corrected chi connectivity index (χ3v) is 11.9. The summed E-state index contributed by atoms with van der Waals surface area (Å²) in [7, 11) is 0. The van der Waals surface area contributed by atoms with E-state index < -0.39 is 18.2 Å². The summed E-state index contributed by atoms with van der Waals surface area (Å²) in [5.41, 5.74) is 0. The Balaban J connectivity index is 4.60. The van der Waals surface area contributed by atoms with E-state index in [0.717, 1.165) is 103 Å². The second kappa shape index (κ2) is 49.6. The van der Waals surface area contributed by atoms with Gasteiger partial charge in [0.25, 0.3) is 0 Å². The quantitative estimate of drug-likeness (QED) is 0.0245. The van der Waals surface area contributed by atoms with Crippen molar-refractivity contribution in [2.75, 3.05) is 6.61 Å². The number of hydrogen-bond donors (Lipinski definition) is 3. The van der Waals surface area contributed by atoms with Gasteiger partial charge in [-0.25, -0.2) is 0 Å². The third-order valence-electron chi connectivity index (χ3n) is 11.9. The van der Waals surface area contributed by atoms with Crippen LogP contribution in [0.4, 0.5) is 0 Å². The number of allylic oxidation sites excluding steroid dienone is 10. The SMILES string of the molecule is CC/C=C/C/C=C/C/C=C/CCCCCCCCC(=O)OC(CCCCCC/C=C/C=C/CCCCC)CC(=O)NC(CO)C(O)CCCCCCCCCCCCCCCC. The maximum absolute atomic E-state index is 13.2. The molecule has 0 heterocycles. The molecule has 6 heteroatoms. The van der Waals surface area contributed by atoms with Crippen molar-refractivity contribution in [3.05, 3.63) is 60.8 Å². The molecule has 0 saturated carbocycles. The minimum absolute atomic E-state index is 0.0577. The van der Waals surface area contributed by atoms with Crippen molar-refractivity contribution in [1.82, 2.24) is 5.32 Å². The molecule has 0 aromatic carbocycles. The highest BCUT2D eigenvalue weighted by molar-refractivity contribution is 5.77. The fraction of sp³-hybridized carbons (Fsp3) is 0.786. The fourth-order valence-corrected chi connectivity index (χ4v) is 7.85. The van der Waals surface area contributed by atoms with Gasteiger partial charge in [-0.15, -0.1) is 0 Å². The lowest BCUT2D eigenvalue weighted by Crippen LogP contribution is -2.46. The average molecular weight is 868 g/mol. The predicted octanol–water partition coefficient (Wildman–Crippen LogP) is 16.0. The Hall–Kier alpha value is -2.44. The van der Waals surface area contributed by atoms with Gasteiger partial charge in [0.2, 0.25) is 5.91 Å². The molecule has 0 fully saturated rings. The number of amides is 1. The highest BCUT2D eigenvalue weighted by Crippen LogP contribution is 2.18. The Morgan fingerprint density at radius 3 is 1.45 bits per heavy atom. The van der Waals surface area contributed by atoms with Gasteiger partial charge < -0.3 is 20.3 Å². The lowest BCUT2D eigenvalue weighted by Gasteiger charge is -2.24. The highest BCUT2D eigenvalue weighted by Gasteiger charge is 2.24. The van der Waals surface area contributed by atoms with Crippen LogP contribution in [0.5, 0.6) is 0 Å². The van der Waals surface area contributed by atoms with Gasteiger partial charge in [0.05, 0.1) is 25.2 Å². The summed E-state index contributed by atoms with van der Waals surface area (Å²) in [5, 5.41) is 23.8. The normalized spacial score (nSPS) is 13.7. The molecule has 0 saturated heterocycles. The zero-order valence-corrected chi connectivity index (χ0v) is 41.0. The molecule has 3 N–H and O–H groups in total. The molecule has 62 heavy (non-hydrogen) atoms. The highest BCUT2D eigenvalue weighted by atomic mass is 16.5. The van der Waals surface area contributed by atoms with Crippen LogP contribution < -0.4 is 5.32 Å². The molecule has 3 unspecified atom stereocenters. The van der Waals surface area contributed by atoms with Gasteiger partial charge in [-0.3, -0.25) is 9.59 Å². The van der Waals surface area contributed by atoms with E-state index in [0.29, 0.717) is 19.3 Å². The maximum Gasteiger partial charge on any atom is 0.306 e. The number of hydrogen-bond acceptors (Lipinski definition) is 5. The van der Waals surface area contributed by atoms with E-state index in [9.17, 15) is 19.8 Å². The minimum atomic E-state index is -0.797. The van der Waals surface area contributed by atoms with Crippen LogP contribution in [0, 0.1) is 0 Å². The summed E-state index contributed by atoms with van der Waals surface area (Å²) in [6.45, 7) is 6.34. The van der Waals surface area contributed by atoms with E-state index in [-0.39, 0.29) is 24.9 Å². The lowest BCUT2D eigenvalue weighted by atomic mass is 10.0. The first-order chi connectivity index (χ1) is 30.5. The van der Waals surface area contributed by atoms with Gasteiger partial charge in [0.1, 0.15) is 6.10 Å². The van der Waals surface area contributed by atoms with Crippen LogP contribution in [0.2, 0.25) is 0 Å². The van der Waals surface area contributed by atoms with Crippen molar-refractivity contribution in [2.24, 2.45) is 0 Å². The molecule has 1 amide bonds. The number of carbonyl (C=O) groups excluding carboxylic acids is 2. The van der Waals surface area contributed by atoms with Gasteiger partial charge in [-0.1, -0.05) is 223 Å². The zero-order chi connectivity index (χ0) is 45.2. The number of carbonyl (C=O) groups is 2. The fourth-order valence-electron chi connectivity index (χ4n) is 7.85. The maximum atomic E-state index is 13.2. The van der Waals surface area contributed by atoms with Gasteiger partial charge in [0, 0.05) is 6.42 Å². The van der Waals surface area contributed by atoms with E-state index >= 15 is 0 Å². The number of nitrogens with one attached hydrogen (secondary N) is 1. The standard InChI is InChI=1S/C56H101NO5/c1-4-7-10-13-16-19-22-25-27-28-31-34-37-40-43-46-49-56(61)62-52(47-44-41-38-35-32-29-24-21-18-15-12-9-6-3)50-55(60)57-53(51-58)54(59)48-45-42-39-36-33-30-26-23-20-17-14-11-8-5-2/h7,10,16,18-19,21,24-25,27,29,52-54,58-59H,4-6,8-9,11-15,17,20,22-23,26,28,30-51H2,1-3H3,(H,57,60)/b10-7+,19-16+,21-18+,27-25+,29-24+. The largest absolute Gasteiger partial charge is 0.462 e. The van der Waals surface area contributed by atoms with Crippen molar-refractivity contribution >= 4 is 11.9 Å². The molecular weight excluding hydrogens is 767 g/mol. The summed E-state index contributed by atoms with van der Waals surface area (Å²) in [6.07, 6.45) is 61.3. The molecule has 0 aliphatic rings. The Kier molecular flexibility index (Phi) is 47.6. The average Bonchev–Trinajstić information content (AvgIpc) is 3.26. The Morgan fingerprint density at radius 1 is 0.500 bits per heavy atom. The topological polar surface area (TPSA) is 95.9 Å². The van der Waals surface area contributed by atoms with Crippen molar-refractivity contribution < 1.29 is 24.5 Å². The van der Waals surface area contributed by atoms with Crippen LogP contribution in [-0.2, 0) is 14.3 Å². The van der Waals surface area contributed by atoms with Gasteiger partial charge in [0.15, 0.2) is 0 Å². The second-order valence-corrected chi connectivity index (χ2v) is 17.9. The second-order valence-electron chi connectivity index (χ2n) is 17.9. The van der Waals surface area contributed by atoms with Crippen molar-refractivity contribution in [1.29, 1.82) is 0 Å². The summed E-state index contributed by atoms with van der Waals surface area (Å²) in [5.74, 6) is -0.506. The molecule has 0 spiro atoms. The molecule has 0 aromatic heterocycles. The minimum Gasteiger partial charge on any atom is -0.462 e. The number of rotatable bonds is 47. The van der Waals surface area contributed by atoms with E-state index in [4.69, 9.17) is 4.74 Å². The number of esters is 1. The summed E-state index contributed by atoms with van der Waals surface area (Å²) < 4.78 is 5.93. The summed E-state index contributed by atoms with van der Waals surface area (Å²) in [6, 6.07) is -0.712. The van der Waals surface area contributed by atoms with Crippen LogP contribution in [0.3, 0.4) is 0 Å². The van der Waals surface area contributed by atoms with E-state index in [1.165, 1.54) is 109 Å². The molecule has 3 atom stereocenters. The molecule has 6 nitrogen and oxygen atoms in total. The van der Waals surface area contributed by atoms with Crippen molar-refractivity contribution in [3.63, 3.8) is 0 Å². The van der Waals surface area contributed by atoms with Crippen LogP contribution >= 0.6 is 0 Å². The molecule has 0 bridgehead atoms. The number of aliphatic hydroxyl groups is 2. The van der Waals surface area contributed by atoms with E-state index in [1.54, 1.807) is 0 Å². The summed E-state index contributed by atoms with van der Waals surface area (Å²) >= 11 is 0. The number of ether oxygens (including phenoxy) is 1. The summed E-state index contributed by atoms with van der Waals surface area (Å²) in [4.78, 5) is 26.2. The third kappa shape index (κ3) is 44.2. The van der Waals surface area contributed by atoms with Gasteiger partial charge >= 0.3 is 5.97 Å². The first-order valence-corrected chi connectivity index (χ1v) is 26.5. The molecule has 0 aliphatic carbocycles. The monoisotopic (exact) mass is 868 g/mol. The van der Waals surface area contributed by atoms with Crippen LogP contribution in [0.25, 0.3) is 0 Å². The molecule has 0 aliphatic heterocycles. The van der Waals surface area contributed by atoms with E-state index in [1.807, 2.05) is 0 Å². The van der Waals surface area contributed by atoms with Crippen molar-refractivity contribution in [2.45, 2.75) is 277 Å². The Morgan fingerprint density at radius 2 is 0.919 bits per heavy atom. The zero-order valence-electron chi connectivity index (χ0n) is 41.0. The van der Waals surface area contributed by atoms with Crippen LogP contribution in [0.15, 0.2) is 60.8 Å². The van der Waals surface area contributed by atoms with Crippen LogP contribution in [-0.4, -0.2) is 46.9 Å². The molecule has 0 aromatic rings. The van der Waals surface area contributed by atoms with Gasteiger partial charge in [-0.05, 0) is 83.5 Å². The first-order valence-electron chi connectivity index (χ1n) is 26.5.